The molecule has 5 aliphatic rings. The van der Waals surface area contributed by atoms with E-state index in [0.29, 0.717) is 30.5 Å². The highest BCUT2D eigenvalue weighted by atomic mass is 79.9. The van der Waals surface area contributed by atoms with Gasteiger partial charge in [0.05, 0.1) is 6.54 Å². The molecule has 5 nitrogen and oxygen atoms in total. The van der Waals surface area contributed by atoms with Crippen molar-refractivity contribution in [3.8, 4) is 0 Å². The third-order valence-corrected chi connectivity index (χ3v) is 11.5. The van der Waals surface area contributed by atoms with Crippen LogP contribution in [0, 0.1) is 23.7 Å². The molecule has 0 bridgehead atoms. The van der Waals surface area contributed by atoms with E-state index in [1.54, 1.807) is 0 Å². The molecule has 0 aromatic carbocycles. The lowest BCUT2D eigenvalue weighted by Crippen LogP contribution is -2.58. The van der Waals surface area contributed by atoms with Crippen molar-refractivity contribution in [2.24, 2.45) is 23.7 Å². The summed E-state index contributed by atoms with van der Waals surface area (Å²) in [5, 5.41) is 5.32. The van der Waals surface area contributed by atoms with Crippen LogP contribution in [-0.2, 0) is 4.79 Å². The number of likely N-dealkylation sites (tertiary alicyclic amines) is 1. The van der Waals surface area contributed by atoms with E-state index in [2.05, 4.69) is 50.4 Å². The van der Waals surface area contributed by atoms with Crippen LogP contribution in [-0.4, -0.2) is 70.1 Å². The number of carbonyl (C=O) groups excluding carboxylic acids is 1. The summed E-state index contributed by atoms with van der Waals surface area (Å²) in [6.45, 7) is 4.49. The van der Waals surface area contributed by atoms with E-state index in [1.807, 2.05) is 0 Å². The van der Waals surface area contributed by atoms with Gasteiger partial charge in [-0.3, -0.25) is 10.2 Å². The lowest BCUT2D eigenvalue weighted by atomic mass is 9.76. The Balaban J connectivity index is 1.25. The molecule has 0 radical (unpaired) electrons. The molecule has 0 aromatic rings. The highest BCUT2D eigenvalue weighted by Crippen LogP contribution is 2.44. The molecular formula is C28H46BrF3N4O. The maximum absolute atomic E-state index is 13.9. The molecule has 0 spiro atoms. The fourth-order valence-electron chi connectivity index (χ4n) is 8.40. The van der Waals surface area contributed by atoms with Crippen molar-refractivity contribution in [1.29, 1.82) is 0 Å². The minimum Gasteiger partial charge on any atom is -0.339 e. The molecule has 2 saturated heterocycles. The van der Waals surface area contributed by atoms with Crippen LogP contribution in [0.2, 0.25) is 0 Å². The summed E-state index contributed by atoms with van der Waals surface area (Å²) in [4.78, 5) is 16.1. The largest absolute Gasteiger partial charge is 0.401 e. The summed E-state index contributed by atoms with van der Waals surface area (Å²) >= 11 is 3.57. The van der Waals surface area contributed by atoms with E-state index < -0.39 is 12.7 Å². The van der Waals surface area contributed by atoms with Gasteiger partial charge in [0, 0.05) is 53.4 Å². The monoisotopic (exact) mass is 590 g/mol. The number of piperidine rings is 1. The van der Waals surface area contributed by atoms with Crippen LogP contribution in [0.15, 0.2) is 0 Å². The van der Waals surface area contributed by atoms with E-state index in [-0.39, 0.29) is 28.7 Å². The van der Waals surface area contributed by atoms with Crippen LogP contribution in [0.5, 0.6) is 0 Å². The van der Waals surface area contributed by atoms with Crippen LogP contribution in [0.1, 0.15) is 90.9 Å². The van der Waals surface area contributed by atoms with Crippen molar-refractivity contribution in [3.63, 3.8) is 0 Å². The molecule has 9 heteroatoms. The second-order valence-electron chi connectivity index (χ2n) is 12.9. The molecule has 7 atom stereocenters. The first kappa shape index (κ1) is 28.2. The molecule has 2 aliphatic heterocycles. The number of rotatable bonds is 5. The molecule has 7 unspecified atom stereocenters. The van der Waals surface area contributed by atoms with Gasteiger partial charge >= 0.3 is 6.18 Å². The van der Waals surface area contributed by atoms with E-state index in [1.165, 1.54) is 38.5 Å². The Morgan fingerprint density at radius 1 is 1.00 bits per heavy atom. The second-order valence-corrected chi connectivity index (χ2v) is 14.1. The lowest BCUT2D eigenvalue weighted by molar-refractivity contribution is -0.144. The SMILES string of the molecule is CC(C)C1CCC(N2NC3CCCCC4C3C2CCN4C(=O)C2CCC(Br)C(NCC(F)(F)F)C2)CC1. The predicted octanol–water partition coefficient (Wildman–Crippen LogP) is 5.63. The first-order valence-corrected chi connectivity index (χ1v) is 15.8. The Hall–Kier alpha value is -0.380. The number of carbonyl (C=O) groups is 1. The Morgan fingerprint density at radius 2 is 1.73 bits per heavy atom. The molecule has 0 aromatic heterocycles. The van der Waals surface area contributed by atoms with E-state index >= 15 is 0 Å². The number of amides is 1. The minimum atomic E-state index is -4.24. The molecule has 37 heavy (non-hydrogen) atoms. The van der Waals surface area contributed by atoms with Crippen molar-refractivity contribution in [1.82, 2.24) is 20.7 Å². The van der Waals surface area contributed by atoms with Crippen LogP contribution in [0.3, 0.4) is 0 Å². The number of hydrogen-bond donors (Lipinski definition) is 2. The van der Waals surface area contributed by atoms with Gasteiger partial charge < -0.3 is 10.2 Å². The van der Waals surface area contributed by atoms with Crippen molar-refractivity contribution >= 4 is 21.8 Å². The van der Waals surface area contributed by atoms with Crippen molar-refractivity contribution in [2.45, 2.75) is 132 Å². The molecule has 5 fully saturated rings. The third-order valence-electron chi connectivity index (χ3n) is 10.4. The highest BCUT2D eigenvalue weighted by molar-refractivity contribution is 9.09. The topological polar surface area (TPSA) is 47.6 Å². The van der Waals surface area contributed by atoms with Crippen LogP contribution < -0.4 is 10.7 Å². The average molecular weight is 592 g/mol. The predicted molar refractivity (Wildman–Crippen MR) is 143 cm³/mol. The normalized spacial score (nSPS) is 41.5. The highest BCUT2D eigenvalue weighted by Gasteiger charge is 2.53. The number of halogens is 4. The zero-order chi connectivity index (χ0) is 26.3. The summed E-state index contributed by atoms with van der Waals surface area (Å²) in [5.74, 6) is 2.09. The Morgan fingerprint density at radius 3 is 2.43 bits per heavy atom. The van der Waals surface area contributed by atoms with Gasteiger partial charge in [-0.1, -0.05) is 42.6 Å². The quantitative estimate of drug-likeness (QED) is 0.407. The number of nitrogens with zero attached hydrogens (tertiary/aromatic N) is 2. The van der Waals surface area contributed by atoms with Gasteiger partial charge in [-0.05, 0) is 76.0 Å². The van der Waals surface area contributed by atoms with Crippen LogP contribution >= 0.6 is 15.9 Å². The summed E-state index contributed by atoms with van der Waals surface area (Å²) in [6.07, 6.45) is 8.48. The Kier molecular flexibility index (Phi) is 8.84. The number of nitrogens with one attached hydrogen (secondary N) is 2. The minimum absolute atomic E-state index is 0.0229. The van der Waals surface area contributed by atoms with Crippen molar-refractivity contribution in [2.75, 3.05) is 13.1 Å². The molecule has 212 valence electrons. The summed E-state index contributed by atoms with van der Waals surface area (Å²) in [6, 6.07) is 1.47. The molecule has 1 amide bonds. The van der Waals surface area contributed by atoms with Gasteiger partial charge in [-0.2, -0.15) is 13.2 Å². The number of alkyl halides is 4. The van der Waals surface area contributed by atoms with E-state index in [0.717, 1.165) is 50.5 Å². The molecule has 2 heterocycles. The molecule has 2 N–H and O–H groups in total. The number of hydrogen-bond acceptors (Lipinski definition) is 4. The van der Waals surface area contributed by atoms with Gasteiger partial charge in [-0.25, -0.2) is 5.01 Å². The van der Waals surface area contributed by atoms with E-state index in [4.69, 9.17) is 0 Å². The Labute approximate surface area is 229 Å². The first-order valence-electron chi connectivity index (χ1n) is 14.9. The average Bonchev–Trinajstić information content (AvgIpc) is 3.10. The standard InChI is InChI=1S/C28H46BrF3N4O/c1-17(2)18-7-10-20(11-8-18)36-25-13-14-35(24-6-4-3-5-22(34-36)26(24)25)27(37)19-9-12-21(29)23(15-19)33-16-28(30,31)32/h17-26,33-34H,3-16H2,1-2H3. The second kappa shape index (κ2) is 11.6. The fraction of sp³-hybridized carbons (Fsp3) is 0.964. The first-order chi connectivity index (χ1) is 17.6. The van der Waals surface area contributed by atoms with Crippen LogP contribution in [0.4, 0.5) is 13.2 Å². The Bertz CT molecular complexity index is 790. The number of hydrazine groups is 1. The maximum atomic E-state index is 13.9. The van der Waals surface area contributed by atoms with Crippen LogP contribution in [0.25, 0.3) is 0 Å². The lowest BCUT2D eigenvalue weighted by Gasteiger charge is -2.48. The summed E-state index contributed by atoms with van der Waals surface area (Å²) in [5.41, 5.74) is 3.97. The summed E-state index contributed by atoms with van der Waals surface area (Å²) in [7, 11) is 0. The molecule has 3 saturated carbocycles. The molecule has 5 rings (SSSR count). The van der Waals surface area contributed by atoms with Crippen molar-refractivity contribution < 1.29 is 18.0 Å². The van der Waals surface area contributed by atoms with Gasteiger partial charge in [0.2, 0.25) is 5.91 Å². The zero-order valence-electron chi connectivity index (χ0n) is 22.5. The van der Waals surface area contributed by atoms with Gasteiger partial charge in [0.25, 0.3) is 0 Å². The summed E-state index contributed by atoms with van der Waals surface area (Å²) < 4.78 is 38.5. The van der Waals surface area contributed by atoms with Gasteiger partial charge in [-0.15, -0.1) is 0 Å². The van der Waals surface area contributed by atoms with E-state index in [9.17, 15) is 18.0 Å². The molecular weight excluding hydrogens is 545 g/mol. The van der Waals surface area contributed by atoms with Gasteiger partial charge in [0.1, 0.15) is 0 Å². The van der Waals surface area contributed by atoms with Crippen molar-refractivity contribution in [3.05, 3.63) is 0 Å². The smallest absolute Gasteiger partial charge is 0.339 e. The fourth-order valence-corrected chi connectivity index (χ4v) is 9.06. The molecule has 3 aliphatic carbocycles. The van der Waals surface area contributed by atoms with Gasteiger partial charge in [0.15, 0.2) is 0 Å². The maximum Gasteiger partial charge on any atom is 0.401 e. The third kappa shape index (κ3) is 6.19. The zero-order valence-corrected chi connectivity index (χ0v) is 24.1.